The van der Waals surface area contributed by atoms with Gasteiger partial charge in [-0.25, -0.2) is 4.98 Å². The maximum atomic E-state index is 12.1. The molecule has 0 amide bonds. The average Bonchev–Trinajstić information content (AvgIpc) is 2.45. The molecule has 0 atom stereocenters. The van der Waals surface area contributed by atoms with Gasteiger partial charge in [-0.3, -0.25) is 4.79 Å². The third-order valence-corrected chi connectivity index (χ3v) is 3.53. The van der Waals surface area contributed by atoms with E-state index in [-0.39, 0.29) is 11.5 Å². The summed E-state index contributed by atoms with van der Waals surface area (Å²) in [6.45, 7) is 5.84. The molecule has 6 heteroatoms. The Morgan fingerprint density at radius 1 is 1.47 bits per heavy atom. The van der Waals surface area contributed by atoms with E-state index >= 15 is 0 Å². The van der Waals surface area contributed by atoms with Gasteiger partial charge < -0.3 is 0 Å². The maximum Gasteiger partial charge on any atom is 0.278 e. The van der Waals surface area contributed by atoms with Gasteiger partial charge in [0.1, 0.15) is 0 Å². The van der Waals surface area contributed by atoms with Crippen molar-refractivity contribution >= 4 is 32.2 Å². The lowest BCUT2D eigenvalue weighted by atomic mass is 10.0. The zero-order valence-electron chi connectivity index (χ0n) is 8.61. The predicted octanol–water partition coefficient (Wildman–Crippen LogP) is 2.35. The molecular formula is C9H10BrN3OS. The maximum absolute atomic E-state index is 12.1. The molecule has 2 aromatic heterocycles. The number of nitrogens with zero attached hydrogens (tertiary/aromatic N) is 3. The number of hydrogen-bond acceptors (Lipinski definition) is 4. The van der Waals surface area contributed by atoms with Gasteiger partial charge in [-0.2, -0.15) is 4.52 Å². The van der Waals surface area contributed by atoms with Crippen LogP contribution in [0.25, 0.3) is 4.96 Å². The van der Waals surface area contributed by atoms with E-state index in [0.717, 1.165) is 11.3 Å². The van der Waals surface area contributed by atoms with Crippen molar-refractivity contribution in [1.29, 1.82) is 0 Å². The first kappa shape index (κ1) is 10.8. The van der Waals surface area contributed by atoms with Gasteiger partial charge in [0.25, 0.3) is 5.56 Å². The topological polar surface area (TPSA) is 47.3 Å². The van der Waals surface area contributed by atoms with Crippen LogP contribution in [0.4, 0.5) is 0 Å². The second kappa shape index (κ2) is 3.68. The second-order valence-corrected chi connectivity index (χ2v) is 5.85. The van der Waals surface area contributed by atoms with Crippen LogP contribution in [-0.2, 0) is 0 Å². The van der Waals surface area contributed by atoms with Crippen LogP contribution in [-0.4, -0.2) is 14.6 Å². The van der Waals surface area contributed by atoms with E-state index in [1.165, 1.54) is 15.9 Å². The molecule has 2 heterocycles. The number of halogens is 1. The highest BCUT2D eigenvalue weighted by Crippen LogP contribution is 2.20. The third kappa shape index (κ3) is 1.72. The molecule has 80 valence electrons. The highest BCUT2D eigenvalue weighted by Gasteiger charge is 2.15. The summed E-state index contributed by atoms with van der Waals surface area (Å²) >= 11 is 4.61. The Balaban J connectivity index is 2.89. The predicted molar refractivity (Wildman–Crippen MR) is 63.7 cm³/mol. The van der Waals surface area contributed by atoms with Crippen molar-refractivity contribution in [3.63, 3.8) is 0 Å². The second-order valence-electron chi connectivity index (χ2n) is 3.62. The summed E-state index contributed by atoms with van der Waals surface area (Å²) in [4.78, 5) is 17.1. The van der Waals surface area contributed by atoms with E-state index in [2.05, 4.69) is 26.0 Å². The van der Waals surface area contributed by atoms with Crippen LogP contribution in [0.15, 0.2) is 8.71 Å². The zero-order chi connectivity index (χ0) is 11.2. The van der Waals surface area contributed by atoms with Crippen molar-refractivity contribution in [1.82, 2.24) is 14.6 Å². The third-order valence-electron chi connectivity index (χ3n) is 2.19. The smallest absolute Gasteiger partial charge is 0.267 e. The standard InChI is InChI=1S/C9H10BrN3OS/c1-4(2)6-5(3)11-9-13(7(6)14)12-8(10)15-9/h4H,1-3H3. The number of hydrogen-bond donors (Lipinski definition) is 0. The first-order chi connectivity index (χ1) is 7.00. The summed E-state index contributed by atoms with van der Waals surface area (Å²) in [6, 6.07) is 0. The summed E-state index contributed by atoms with van der Waals surface area (Å²) in [7, 11) is 0. The van der Waals surface area contributed by atoms with Crippen molar-refractivity contribution in [3.05, 3.63) is 25.5 Å². The van der Waals surface area contributed by atoms with Crippen LogP contribution in [0.1, 0.15) is 31.0 Å². The number of rotatable bonds is 1. The van der Waals surface area contributed by atoms with Gasteiger partial charge in [0, 0.05) is 11.3 Å². The molecule has 0 aliphatic heterocycles. The fourth-order valence-electron chi connectivity index (χ4n) is 1.60. The van der Waals surface area contributed by atoms with Crippen LogP contribution in [0, 0.1) is 6.92 Å². The number of aromatic nitrogens is 3. The minimum Gasteiger partial charge on any atom is -0.267 e. The molecule has 2 aromatic rings. The average molecular weight is 288 g/mol. The van der Waals surface area contributed by atoms with Crippen molar-refractivity contribution in [2.45, 2.75) is 26.7 Å². The lowest BCUT2D eigenvalue weighted by Crippen LogP contribution is -2.22. The Kier molecular flexibility index (Phi) is 2.64. The minimum atomic E-state index is -0.0607. The molecule has 15 heavy (non-hydrogen) atoms. The molecule has 0 aliphatic rings. The summed E-state index contributed by atoms with van der Waals surface area (Å²) < 4.78 is 2.03. The number of fused-ring (bicyclic) bond motifs is 1. The lowest BCUT2D eigenvalue weighted by Gasteiger charge is -2.06. The van der Waals surface area contributed by atoms with Gasteiger partial charge in [-0.05, 0) is 28.8 Å². The highest BCUT2D eigenvalue weighted by atomic mass is 79.9. The van der Waals surface area contributed by atoms with E-state index in [1.54, 1.807) is 0 Å². The Hall–Kier alpha value is -0.750. The Labute approximate surface area is 99.1 Å². The molecule has 0 radical (unpaired) electrons. The molecule has 0 spiro atoms. The largest absolute Gasteiger partial charge is 0.278 e. The van der Waals surface area contributed by atoms with Gasteiger partial charge in [0.05, 0.1) is 0 Å². The van der Waals surface area contributed by atoms with Gasteiger partial charge in [0.15, 0.2) is 3.92 Å². The van der Waals surface area contributed by atoms with Crippen molar-refractivity contribution in [3.8, 4) is 0 Å². The van der Waals surface area contributed by atoms with E-state index in [1.807, 2.05) is 20.8 Å². The molecule has 0 saturated heterocycles. The fraction of sp³-hybridized carbons (Fsp3) is 0.444. The highest BCUT2D eigenvalue weighted by molar-refractivity contribution is 9.11. The van der Waals surface area contributed by atoms with E-state index < -0.39 is 0 Å². The normalized spacial score (nSPS) is 11.5. The SMILES string of the molecule is Cc1nc2sc(Br)nn2c(=O)c1C(C)C. The van der Waals surface area contributed by atoms with Crippen LogP contribution in [0.2, 0.25) is 0 Å². The molecule has 0 aliphatic carbocycles. The molecular weight excluding hydrogens is 278 g/mol. The van der Waals surface area contributed by atoms with Crippen LogP contribution in [0.3, 0.4) is 0 Å². The van der Waals surface area contributed by atoms with Crippen LogP contribution >= 0.6 is 27.3 Å². The van der Waals surface area contributed by atoms with Crippen LogP contribution < -0.4 is 5.56 Å². The monoisotopic (exact) mass is 287 g/mol. The summed E-state index contributed by atoms with van der Waals surface area (Å²) in [5, 5.41) is 4.07. The van der Waals surface area contributed by atoms with Gasteiger partial charge in [-0.1, -0.05) is 25.2 Å². The molecule has 0 N–H and O–H groups in total. The minimum absolute atomic E-state index is 0.0607. The zero-order valence-corrected chi connectivity index (χ0v) is 11.0. The van der Waals surface area contributed by atoms with Crippen molar-refractivity contribution in [2.24, 2.45) is 0 Å². The summed E-state index contributed by atoms with van der Waals surface area (Å²) in [5.74, 6) is 0.169. The van der Waals surface area contributed by atoms with Crippen LogP contribution in [0.5, 0.6) is 0 Å². The molecule has 0 aromatic carbocycles. The summed E-state index contributed by atoms with van der Waals surface area (Å²) in [5.41, 5.74) is 1.48. The first-order valence-corrected chi connectivity index (χ1v) is 6.17. The van der Waals surface area contributed by atoms with E-state index in [4.69, 9.17) is 0 Å². The Morgan fingerprint density at radius 2 is 2.13 bits per heavy atom. The fourth-order valence-corrected chi connectivity index (χ4v) is 2.86. The Bertz CT molecular complexity index is 572. The Morgan fingerprint density at radius 3 is 2.73 bits per heavy atom. The van der Waals surface area contributed by atoms with E-state index in [9.17, 15) is 4.79 Å². The summed E-state index contributed by atoms with van der Waals surface area (Å²) in [6.07, 6.45) is 0. The van der Waals surface area contributed by atoms with Gasteiger partial charge in [-0.15, -0.1) is 5.10 Å². The molecule has 2 rings (SSSR count). The number of aryl methyl sites for hydroxylation is 1. The van der Waals surface area contributed by atoms with E-state index in [0.29, 0.717) is 8.88 Å². The lowest BCUT2D eigenvalue weighted by molar-refractivity contribution is 0.778. The van der Waals surface area contributed by atoms with Gasteiger partial charge >= 0.3 is 0 Å². The molecule has 4 nitrogen and oxygen atoms in total. The van der Waals surface area contributed by atoms with Crippen molar-refractivity contribution < 1.29 is 0 Å². The molecule has 0 fully saturated rings. The quantitative estimate of drug-likeness (QED) is 0.809. The van der Waals surface area contributed by atoms with Crippen molar-refractivity contribution in [2.75, 3.05) is 0 Å². The molecule has 0 bridgehead atoms. The molecule has 0 unspecified atom stereocenters. The first-order valence-electron chi connectivity index (χ1n) is 4.56. The molecule has 0 saturated carbocycles. The van der Waals surface area contributed by atoms with Gasteiger partial charge in [0.2, 0.25) is 4.96 Å².